The van der Waals surface area contributed by atoms with Gasteiger partial charge < -0.3 is 10.6 Å². The highest BCUT2D eigenvalue weighted by Gasteiger charge is 2.05. The van der Waals surface area contributed by atoms with Crippen LogP contribution in [0.4, 0.5) is 11.5 Å². The van der Waals surface area contributed by atoms with Gasteiger partial charge in [-0.05, 0) is 24.8 Å². The predicted molar refractivity (Wildman–Crippen MR) is 65.0 cm³/mol. The fourth-order valence-corrected chi connectivity index (χ4v) is 1.69. The van der Waals surface area contributed by atoms with Crippen LogP contribution in [0.2, 0.25) is 0 Å². The van der Waals surface area contributed by atoms with Crippen molar-refractivity contribution in [3.63, 3.8) is 0 Å². The van der Waals surface area contributed by atoms with Crippen molar-refractivity contribution in [1.29, 1.82) is 0 Å². The van der Waals surface area contributed by atoms with E-state index in [0.717, 1.165) is 29.4 Å². The number of nitrogens with two attached hydrogens (primary N) is 1. The molecule has 0 radical (unpaired) electrons. The first-order valence-corrected chi connectivity index (χ1v) is 5.96. The smallest absolute Gasteiger partial charge is 0.151 e. The van der Waals surface area contributed by atoms with Crippen LogP contribution in [-0.2, 0) is 0 Å². The summed E-state index contributed by atoms with van der Waals surface area (Å²) in [5.74, 6) is 1.97. The molecule has 1 aromatic heterocycles. The number of pyridine rings is 1. The summed E-state index contributed by atoms with van der Waals surface area (Å²) >= 11 is 1.82. The van der Waals surface area contributed by atoms with Crippen molar-refractivity contribution in [2.75, 3.05) is 36.2 Å². The second kappa shape index (κ2) is 5.10. The zero-order valence-electron chi connectivity index (χ0n) is 8.95. The minimum atomic E-state index is 0.758. The van der Waals surface area contributed by atoms with E-state index in [2.05, 4.69) is 16.1 Å². The van der Waals surface area contributed by atoms with Crippen LogP contribution in [0.25, 0.3) is 0 Å². The number of aryl methyl sites for hydroxylation is 1. The molecule has 78 valence electrons. The summed E-state index contributed by atoms with van der Waals surface area (Å²) in [7, 11) is 2.02. The second-order valence-corrected chi connectivity index (χ2v) is 4.33. The quantitative estimate of drug-likeness (QED) is 0.824. The number of thioether (sulfide) groups is 1. The van der Waals surface area contributed by atoms with E-state index in [9.17, 15) is 0 Å². The Bertz CT molecular complexity index is 301. The molecule has 0 fully saturated rings. The van der Waals surface area contributed by atoms with E-state index in [1.54, 1.807) is 0 Å². The maximum Gasteiger partial charge on any atom is 0.151 e. The highest BCUT2D eigenvalue weighted by atomic mass is 32.2. The molecule has 0 bridgehead atoms. The SMILES string of the molecule is CSCCN(C)c1ncc(C)cc1N. The molecule has 0 aliphatic heterocycles. The Morgan fingerprint density at radius 2 is 2.29 bits per heavy atom. The van der Waals surface area contributed by atoms with Crippen molar-refractivity contribution >= 4 is 23.3 Å². The van der Waals surface area contributed by atoms with Gasteiger partial charge in [0.2, 0.25) is 0 Å². The van der Waals surface area contributed by atoms with Crippen molar-refractivity contribution in [3.8, 4) is 0 Å². The molecule has 0 aromatic carbocycles. The summed E-state index contributed by atoms with van der Waals surface area (Å²) in [6.07, 6.45) is 3.95. The molecule has 0 aliphatic carbocycles. The average molecular weight is 211 g/mol. The lowest BCUT2D eigenvalue weighted by atomic mass is 10.3. The van der Waals surface area contributed by atoms with E-state index < -0.39 is 0 Å². The fourth-order valence-electron chi connectivity index (χ4n) is 1.24. The first-order chi connectivity index (χ1) is 6.65. The van der Waals surface area contributed by atoms with Crippen LogP contribution in [0.5, 0.6) is 0 Å². The van der Waals surface area contributed by atoms with E-state index in [-0.39, 0.29) is 0 Å². The number of rotatable bonds is 4. The maximum absolute atomic E-state index is 5.88. The van der Waals surface area contributed by atoms with E-state index in [4.69, 9.17) is 5.73 Å². The van der Waals surface area contributed by atoms with Gasteiger partial charge in [-0.25, -0.2) is 4.98 Å². The van der Waals surface area contributed by atoms with E-state index in [1.807, 2.05) is 38.0 Å². The minimum absolute atomic E-state index is 0.758. The molecule has 0 unspecified atom stereocenters. The summed E-state index contributed by atoms with van der Waals surface area (Å²) in [5, 5.41) is 0. The molecule has 0 spiro atoms. The van der Waals surface area contributed by atoms with Crippen molar-refractivity contribution in [2.45, 2.75) is 6.92 Å². The van der Waals surface area contributed by atoms with Crippen molar-refractivity contribution in [3.05, 3.63) is 17.8 Å². The minimum Gasteiger partial charge on any atom is -0.396 e. The van der Waals surface area contributed by atoms with Crippen LogP contribution in [0, 0.1) is 6.92 Å². The third kappa shape index (κ3) is 2.80. The molecule has 0 saturated heterocycles. The van der Waals surface area contributed by atoms with Gasteiger partial charge in [-0.2, -0.15) is 11.8 Å². The Balaban J connectivity index is 2.74. The van der Waals surface area contributed by atoms with E-state index >= 15 is 0 Å². The van der Waals surface area contributed by atoms with Crippen molar-refractivity contribution in [2.24, 2.45) is 0 Å². The van der Waals surface area contributed by atoms with Crippen LogP contribution < -0.4 is 10.6 Å². The van der Waals surface area contributed by atoms with Crippen molar-refractivity contribution < 1.29 is 0 Å². The lowest BCUT2D eigenvalue weighted by molar-refractivity contribution is 0.947. The molecular weight excluding hydrogens is 194 g/mol. The molecule has 3 nitrogen and oxygen atoms in total. The standard InChI is InChI=1S/C10H17N3S/c1-8-6-9(11)10(12-7-8)13(2)4-5-14-3/h6-7H,4-5,11H2,1-3H3. The van der Waals surface area contributed by atoms with Gasteiger partial charge in [0.15, 0.2) is 5.82 Å². The molecular formula is C10H17N3S. The van der Waals surface area contributed by atoms with Gasteiger partial charge in [-0.1, -0.05) is 0 Å². The number of hydrogen-bond donors (Lipinski definition) is 1. The number of hydrogen-bond acceptors (Lipinski definition) is 4. The molecule has 14 heavy (non-hydrogen) atoms. The van der Waals surface area contributed by atoms with Crippen LogP contribution in [-0.4, -0.2) is 30.6 Å². The Labute approximate surface area is 89.7 Å². The summed E-state index contributed by atoms with van der Waals surface area (Å²) in [5.41, 5.74) is 7.74. The molecule has 0 saturated carbocycles. The monoisotopic (exact) mass is 211 g/mol. The van der Waals surface area contributed by atoms with E-state index in [1.165, 1.54) is 0 Å². The first-order valence-electron chi connectivity index (χ1n) is 4.57. The van der Waals surface area contributed by atoms with Gasteiger partial charge in [0, 0.05) is 25.5 Å². The van der Waals surface area contributed by atoms with Gasteiger partial charge in [0.1, 0.15) is 0 Å². The van der Waals surface area contributed by atoms with Gasteiger partial charge in [-0.3, -0.25) is 0 Å². The summed E-state index contributed by atoms with van der Waals surface area (Å²) in [6, 6.07) is 1.96. The largest absolute Gasteiger partial charge is 0.396 e. The maximum atomic E-state index is 5.88. The molecule has 1 rings (SSSR count). The predicted octanol–water partition coefficient (Wildman–Crippen LogP) is 1.77. The molecule has 1 heterocycles. The van der Waals surface area contributed by atoms with Gasteiger partial charge in [-0.15, -0.1) is 0 Å². The van der Waals surface area contributed by atoms with Crippen molar-refractivity contribution in [1.82, 2.24) is 4.98 Å². The summed E-state index contributed by atoms with van der Waals surface area (Å²) < 4.78 is 0. The zero-order valence-corrected chi connectivity index (χ0v) is 9.77. The molecule has 0 amide bonds. The molecule has 2 N–H and O–H groups in total. The molecule has 0 aliphatic rings. The Hall–Kier alpha value is -0.900. The van der Waals surface area contributed by atoms with Crippen LogP contribution in [0.15, 0.2) is 12.3 Å². The fraction of sp³-hybridized carbons (Fsp3) is 0.500. The third-order valence-electron chi connectivity index (χ3n) is 2.02. The number of aromatic nitrogens is 1. The number of nitrogens with zero attached hydrogens (tertiary/aromatic N) is 2. The topological polar surface area (TPSA) is 42.2 Å². The van der Waals surface area contributed by atoms with Crippen LogP contribution >= 0.6 is 11.8 Å². The van der Waals surface area contributed by atoms with Gasteiger partial charge in [0.25, 0.3) is 0 Å². The lowest BCUT2D eigenvalue weighted by Crippen LogP contribution is -2.22. The number of anilines is 2. The Morgan fingerprint density at radius 1 is 1.57 bits per heavy atom. The third-order valence-corrected chi connectivity index (χ3v) is 2.62. The lowest BCUT2D eigenvalue weighted by Gasteiger charge is -2.19. The Kier molecular flexibility index (Phi) is 4.07. The zero-order chi connectivity index (χ0) is 10.6. The summed E-state index contributed by atoms with van der Waals surface area (Å²) in [6.45, 7) is 2.97. The molecule has 0 atom stereocenters. The van der Waals surface area contributed by atoms with E-state index in [0.29, 0.717) is 0 Å². The summed E-state index contributed by atoms with van der Waals surface area (Å²) in [4.78, 5) is 6.41. The molecule has 1 aromatic rings. The van der Waals surface area contributed by atoms with Gasteiger partial charge in [0.05, 0.1) is 5.69 Å². The van der Waals surface area contributed by atoms with Crippen LogP contribution in [0.1, 0.15) is 5.56 Å². The highest BCUT2D eigenvalue weighted by molar-refractivity contribution is 7.98. The number of nitrogen functional groups attached to an aromatic ring is 1. The average Bonchev–Trinajstić information content (AvgIpc) is 2.14. The second-order valence-electron chi connectivity index (χ2n) is 3.34. The first kappa shape index (κ1) is 11.2. The molecule has 4 heteroatoms. The normalized spacial score (nSPS) is 10.2. The Morgan fingerprint density at radius 3 is 2.86 bits per heavy atom. The van der Waals surface area contributed by atoms with Gasteiger partial charge >= 0.3 is 0 Å². The van der Waals surface area contributed by atoms with Crippen LogP contribution in [0.3, 0.4) is 0 Å². The highest BCUT2D eigenvalue weighted by Crippen LogP contribution is 2.19.